The zero-order valence-electron chi connectivity index (χ0n) is 17.5. The molecule has 0 spiro atoms. The van der Waals surface area contributed by atoms with Crippen LogP contribution in [0.5, 0.6) is 0 Å². The fourth-order valence-corrected chi connectivity index (χ4v) is 7.15. The van der Waals surface area contributed by atoms with E-state index in [0.717, 1.165) is 41.3 Å². The van der Waals surface area contributed by atoms with Crippen LogP contribution in [0.1, 0.15) is 11.1 Å². The van der Waals surface area contributed by atoms with Crippen LogP contribution >= 0.6 is 57.9 Å². The van der Waals surface area contributed by atoms with Crippen molar-refractivity contribution in [1.29, 1.82) is 0 Å². The van der Waals surface area contributed by atoms with Crippen molar-refractivity contribution in [2.24, 2.45) is 0 Å². The lowest BCUT2D eigenvalue weighted by atomic mass is 10.2. The molecule has 1 heterocycles. The normalized spacial score (nSPS) is 12.8. The molecule has 0 bridgehead atoms. The Morgan fingerprint density at radius 3 is 2.05 bits per heavy atom. The van der Waals surface area contributed by atoms with Gasteiger partial charge in [-0.05, 0) is 48.5 Å². The van der Waals surface area contributed by atoms with Gasteiger partial charge in [0.25, 0.3) is 10.0 Å². The average molecular weight is 638 g/mol. The molecule has 1 N–H and O–H groups in total. The molecule has 0 saturated carbocycles. The molecule has 4 aromatic rings. The predicted molar refractivity (Wildman–Crippen MR) is 132 cm³/mol. The number of rotatable bonds is 5. The Morgan fingerprint density at radius 2 is 1.46 bits per heavy atom. The van der Waals surface area contributed by atoms with E-state index in [4.69, 9.17) is 34.8 Å². The number of hydrogen-bond acceptors (Lipinski definition) is 5. The van der Waals surface area contributed by atoms with Crippen LogP contribution in [0.3, 0.4) is 0 Å². The first-order chi connectivity index (χ1) is 17.0. The highest BCUT2D eigenvalue weighted by atomic mass is 35.5. The van der Waals surface area contributed by atoms with Crippen molar-refractivity contribution in [3.63, 3.8) is 0 Å². The van der Waals surface area contributed by atoms with Gasteiger partial charge in [0.15, 0.2) is 4.34 Å². The van der Waals surface area contributed by atoms with E-state index >= 15 is 0 Å². The van der Waals surface area contributed by atoms with Crippen molar-refractivity contribution >= 4 is 83.8 Å². The van der Waals surface area contributed by atoms with Crippen LogP contribution in [0.15, 0.2) is 62.7 Å². The third kappa shape index (κ3) is 6.40. The summed E-state index contributed by atoms with van der Waals surface area (Å²) >= 11 is 20.3. The van der Waals surface area contributed by atoms with Crippen LogP contribution in [-0.2, 0) is 22.4 Å². The Labute approximate surface area is 228 Å². The number of benzene rings is 3. The van der Waals surface area contributed by atoms with E-state index < -0.39 is 43.4 Å². The summed E-state index contributed by atoms with van der Waals surface area (Å²) in [5.41, 5.74) is -2.12. The molecule has 0 aliphatic rings. The van der Waals surface area contributed by atoms with E-state index in [-0.39, 0.29) is 26.1 Å². The summed E-state index contributed by atoms with van der Waals surface area (Å²) in [4.78, 5) is 3.68. The molecule has 0 atom stereocenters. The molecular formula is C21H9Cl3F6N2O2S3. The number of hydrogen-bond donors (Lipinski definition) is 1. The number of alkyl halides is 6. The third-order valence-corrected chi connectivity index (χ3v) is 9.28. The van der Waals surface area contributed by atoms with Crippen molar-refractivity contribution in [3.8, 4) is 0 Å². The number of anilines is 1. The number of sulfonamides is 1. The van der Waals surface area contributed by atoms with Crippen molar-refractivity contribution in [3.05, 3.63) is 74.7 Å². The molecule has 0 aliphatic carbocycles. The summed E-state index contributed by atoms with van der Waals surface area (Å²) in [6.45, 7) is 0. The van der Waals surface area contributed by atoms with Crippen molar-refractivity contribution in [1.82, 2.24) is 4.98 Å². The molecule has 0 radical (unpaired) electrons. The standard InChI is InChI=1S/C21H9Cl3F6N2O2S3/c22-11-3-10(21(28,29)30)4-13(6-11)37(33,34)32-12-7-14(23)18(15(24)8-12)36-19-31-16-5-9(20(25,26)27)1-2-17(16)35-19/h1-8,32H. The topological polar surface area (TPSA) is 59.1 Å². The quantitative estimate of drug-likeness (QED) is 0.222. The molecular weight excluding hydrogens is 629 g/mol. The number of nitrogens with zero attached hydrogens (tertiary/aromatic N) is 1. The molecule has 0 amide bonds. The lowest BCUT2D eigenvalue weighted by Crippen LogP contribution is -2.15. The van der Waals surface area contributed by atoms with E-state index in [9.17, 15) is 34.8 Å². The van der Waals surface area contributed by atoms with E-state index in [0.29, 0.717) is 21.2 Å². The SMILES string of the molecule is O=S(=O)(Nc1cc(Cl)c(Sc2nc3cc(C(F)(F)F)ccc3s2)c(Cl)c1)c1cc(Cl)cc(C(F)(F)F)c1. The van der Waals surface area contributed by atoms with Gasteiger partial charge in [-0.3, -0.25) is 4.72 Å². The summed E-state index contributed by atoms with van der Waals surface area (Å²) in [6.07, 6.45) is -9.35. The van der Waals surface area contributed by atoms with Gasteiger partial charge in [0.05, 0.1) is 46.9 Å². The van der Waals surface area contributed by atoms with Gasteiger partial charge in [0.1, 0.15) is 0 Å². The van der Waals surface area contributed by atoms with Crippen LogP contribution in [0.25, 0.3) is 10.2 Å². The largest absolute Gasteiger partial charge is 0.416 e. The summed E-state index contributed by atoms with van der Waals surface area (Å²) in [5.74, 6) is 0. The second-order valence-corrected chi connectivity index (χ2v) is 12.5. The molecule has 16 heteroatoms. The summed E-state index contributed by atoms with van der Waals surface area (Å²) < 4.78 is 106. The van der Waals surface area contributed by atoms with Gasteiger partial charge >= 0.3 is 12.4 Å². The number of nitrogens with one attached hydrogen (secondary N) is 1. The zero-order valence-corrected chi connectivity index (χ0v) is 22.2. The highest BCUT2D eigenvalue weighted by Gasteiger charge is 2.33. The van der Waals surface area contributed by atoms with Crippen molar-refractivity contribution in [2.75, 3.05) is 4.72 Å². The molecule has 0 fully saturated rings. The van der Waals surface area contributed by atoms with Gasteiger partial charge in [-0.25, -0.2) is 13.4 Å². The fourth-order valence-electron chi connectivity index (χ4n) is 3.03. The smallest absolute Gasteiger partial charge is 0.280 e. The van der Waals surface area contributed by atoms with Crippen LogP contribution in [0.2, 0.25) is 15.1 Å². The van der Waals surface area contributed by atoms with Crippen molar-refractivity contribution < 1.29 is 34.8 Å². The maximum absolute atomic E-state index is 13.1. The van der Waals surface area contributed by atoms with Gasteiger partial charge in [0, 0.05) is 5.02 Å². The number of halogens is 9. The Morgan fingerprint density at radius 1 is 0.838 bits per heavy atom. The van der Waals surface area contributed by atoms with E-state index in [1.54, 1.807) is 0 Å². The van der Waals surface area contributed by atoms with Gasteiger partial charge in [-0.1, -0.05) is 46.6 Å². The summed E-state index contributed by atoms with van der Waals surface area (Å²) in [5, 5.41) is -0.503. The highest BCUT2D eigenvalue weighted by molar-refractivity contribution is 8.01. The predicted octanol–water partition coefficient (Wildman–Crippen LogP) is 9.25. The Bertz CT molecular complexity index is 1600. The minimum atomic E-state index is -4.82. The van der Waals surface area contributed by atoms with Crippen LogP contribution in [-0.4, -0.2) is 13.4 Å². The van der Waals surface area contributed by atoms with Gasteiger partial charge in [-0.15, -0.1) is 11.3 Å². The number of thiazole rings is 1. The first kappa shape index (κ1) is 28.1. The molecule has 4 nitrogen and oxygen atoms in total. The minimum absolute atomic E-state index is 0.0347. The molecule has 3 aromatic carbocycles. The average Bonchev–Trinajstić information content (AvgIpc) is 3.16. The molecule has 0 aliphatic heterocycles. The second-order valence-electron chi connectivity index (χ2n) is 7.31. The zero-order chi connectivity index (χ0) is 27.3. The number of fused-ring (bicyclic) bond motifs is 1. The lowest BCUT2D eigenvalue weighted by molar-refractivity contribution is -0.138. The molecule has 0 saturated heterocycles. The lowest BCUT2D eigenvalue weighted by Gasteiger charge is -2.13. The minimum Gasteiger partial charge on any atom is -0.280 e. The molecule has 196 valence electrons. The van der Waals surface area contributed by atoms with Gasteiger partial charge < -0.3 is 0 Å². The molecule has 4 rings (SSSR count). The first-order valence-corrected chi connectivity index (χ1v) is 13.8. The van der Waals surface area contributed by atoms with Crippen molar-refractivity contribution in [2.45, 2.75) is 26.5 Å². The molecule has 0 unspecified atom stereocenters. The van der Waals surface area contributed by atoms with E-state index in [2.05, 4.69) is 9.71 Å². The van der Waals surface area contributed by atoms with Gasteiger partial charge in [-0.2, -0.15) is 26.3 Å². The third-order valence-electron chi connectivity index (χ3n) is 4.64. The summed E-state index contributed by atoms with van der Waals surface area (Å²) in [6, 6.07) is 7.37. The van der Waals surface area contributed by atoms with E-state index in [1.807, 2.05) is 0 Å². The Hall–Kier alpha value is -1.90. The van der Waals surface area contributed by atoms with Crippen LogP contribution in [0, 0.1) is 0 Å². The maximum Gasteiger partial charge on any atom is 0.416 e. The van der Waals surface area contributed by atoms with Gasteiger partial charge in [0.2, 0.25) is 0 Å². The van der Waals surface area contributed by atoms with Crippen LogP contribution < -0.4 is 4.72 Å². The number of aromatic nitrogens is 1. The fraction of sp³-hybridized carbons (Fsp3) is 0.0952. The molecule has 1 aromatic heterocycles. The Kier molecular flexibility index (Phi) is 7.60. The monoisotopic (exact) mass is 636 g/mol. The highest BCUT2D eigenvalue weighted by Crippen LogP contribution is 2.44. The Balaban J connectivity index is 1.61. The maximum atomic E-state index is 13.1. The second kappa shape index (κ2) is 10.0. The van der Waals surface area contributed by atoms with Crippen LogP contribution in [0.4, 0.5) is 32.0 Å². The first-order valence-electron chi connectivity index (χ1n) is 9.58. The molecule has 37 heavy (non-hydrogen) atoms. The van der Waals surface area contributed by atoms with E-state index in [1.165, 1.54) is 18.2 Å². The summed E-state index contributed by atoms with van der Waals surface area (Å²) in [7, 11) is -4.52.